The van der Waals surface area contributed by atoms with E-state index in [0.29, 0.717) is 17.8 Å². The minimum Gasteiger partial charge on any atom is -0.372 e. The van der Waals surface area contributed by atoms with E-state index in [1.54, 1.807) is 0 Å². The molecule has 0 radical (unpaired) electrons. The highest BCUT2D eigenvalue weighted by Crippen LogP contribution is 2.34. The highest BCUT2D eigenvalue weighted by molar-refractivity contribution is 6.05. The summed E-state index contributed by atoms with van der Waals surface area (Å²) in [6.07, 6.45) is 7.13. The maximum Gasteiger partial charge on any atom is 0.272 e. The number of piperidine rings is 1. The molecule has 0 spiro atoms. The van der Waals surface area contributed by atoms with Crippen molar-refractivity contribution in [2.75, 3.05) is 25.0 Å². The number of H-pyrrole nitrogens is 1. The summed E-state index contributed by atoms with van der Waals surface area (Å²) < 4.78 is 0. The zero-order valence-electron chi connectivity index (χ0n) is 15.4. The Morgan fingerprint density at radius 2 is 1.92 bits per heavy atom. The second-order valence-electron chi connectivity index (χ2n) is 8.19. The van der Waals surface area contributed by atoms with Gasteiger partial charge in [0.15, 0.2) is 5.69 Å². The van der Waals surface area contributed by atoms with Gasteiger partial charge in [0.25, 0.3) is 5.91 Å². The predicted molar refractivity (Wildman–Crippen MR) is 103 cm³/mol. The first kappa shape index (κ1) is 16.1. The number of benzene rings is 1. The Balaban J connectivity index is 1.36. The van der Waals surface area contributed by atoms with E-state index in [2.05, 4.69) is 44.5 Å². The van der Waals surface area contributed by atoms with Gasteiger partial charge in [0.2, 0.25) is 0 Å². The molecular formula is C20H27N5O. The highest BCUT2D eigenvalue weighted by atomic mass is 16.2. The summed E-state index contributed by atoms with van der Waals surface area (Å²) >= 11 is 0. The maximum atomic E-state index is 12.9. The van der Waals surface area contributed by atoms with Crippen LogP contribution in [0.2, 0.25) is 0 Å². The lowest BCUT2D eigenvalue weighted by molar-refractivity contribution is 0.0879. The van der Waals surface area contributed by atoms with E-state index in [1.807, 2.05) is 6.07 Å². The maximum absolute atomic E-state index is 12.9. The average molecular weight is 353 g/mol. The standard InChI is InChI=1S/C20H27N5O/c1-24-14-4-5-15(24)11-13(10-14)21-20(26)19-17-12-16(25-8-2-3-9-25)6-7-18(17)22-23-19/h6-7,12-15H,2-5,8-11H2,1H3,(H,21,26)(H,22,23). The van der Waals surface area contributed by atoms with Gasteiger partial charge >= 0.3 is 0 Å². The van der Waals surface area contributed by atoms with Crippen molar-refractivity contribution in [1.29, 1.82) is 0 Å². The van der Waals surface area contributed by atoms with Crippen molar-refractivity contribution in [2.45, 2.75) is 56.7 Å². The van der Waals surface area contributed by atoms with Crippen LogP contribution in [0.3, 0.4) is 0 Å². The van der Waals surface area contributed by atoms with Gasteiger partial charge in [0.1, 0.15) is 0 Å². The number of aromatic nitrogens is 2. The van der Waals surface area contributed by atoms with Gasteiger partial charge in [0, 0.05) is 42.3 Å². The van der Waals surface area contributed by atoms with E-state index in [4.69, 9.17) is 0 Å². The van der Waals surface area contributed by atoms with Gasteiger partial charge in [-0.25, -0.2) is 0 Å². The molecule has 138 valence electrons. The largest absolute Gasteiger partial charge is 0.372 e. The third-order valence-electron chi connectivity index (χ3n) is 6.67. The van der Waals surface area contributed by atoms with Crippen molar-refractivity contribution < 1.29 is 4.79 Å². The predicted octanol–water partition coefficient (Wildman–Crippen LogP) is 2.52. The van der Waals surface area contributed by atoms with Crippen LogP contribution in [0.4, 0.5) is 5.69 Å². The summed E-state index contributed by atoms with van der Waals surface area (Å²) in [5.74, 6) is -0.0382. The number of amides is 1. The first-order valence-corrected chi connectivity index (χ1v) is 9.95. The molecule has 1 aromatic heterocycles. The number of nitrogens with one attached hydrogen (secondary N) is 2. The molecule has 6 nitrogen and oxygen atoms in total. The first-order valence-electron chi connectivity index (χ1n) is 9.95. The van der Waals surface area contributed by atoms with Gasteiger partial charge in [-0.1, -0.05) is 0 Å². The van der Waals surface area contributed by atoms with Gasteiger partial charge in [-0.05, 0) is 63.8 Å². The lowest BCUT2D eigenvalue weighted by atomic mass is 9.98. The lowest BCUT2D eigenvalue weighted by Crippen LogP contribution is -2.48. The van der Waals surface area contributed by atoms with Crippen molar-refractivity contribution >= 4 is 22.5 Å². The number of anilines is 1. The molecule has 6 heteroatoms. The summed E-state index contributed by atoms with van der Waals surface area (Å²) in [4.78, 5) is 17.8. The average Bonchev–Trinajstić information content (AvgIpc) is 3.34. The van der Waals surface area contributed by atoms with Crippen molar-refractivity contribution in [1.82, 2.24) is 20.4 Å². The van der Waals surface area contributed by atoms with E-state index in [1.165, 1.54) is 31.4 Å². The second-order valence-corrected chi connectivity index (χ2v) is 8.19. The fourth-order valence-electron chi connectivity index (χ4n) is 5.13. The Kier molecular flexibility index (Phi) is 3.89. The Morgan fingerprint density at radius 1 is 1.19 bits per heavy atom. The van der Waals surface area contributed by atoms with Gasteiger partial charge in [-0.2, -0.15) is 5.10 Å². The first-order chi connectivity index (χ1) is 12.7. The van der Waals surface area contributed by atoms with Gasteiger partial charge in [-0.3, -0.25) is 9.89 Å². The number of carbonyl (C=O) groups excluding carboxylic acids is 1. The molecule has 1 aromatic carbocycles. The zero-order chi connectivity index (χ0) is 17.7. The fraction of sp³-hybridized carbons (Fsp3) is 0.600. The second kappa shape index (κ2) is 6.27. The van der Waals surface area contributed by atoms with Crippen LogP contribution in [0.5, 0.6) is 0 Å². The molecule has 2 aromatic rings. The topological polar surface area (TPSA) is 64.3 Å². The number of nitrogens with zero attached hydrogens (tertiary/aromatic N) is 3. The molecule has 5 rings (SSSR count). The van der Waals surface area contributed by atoms with Crippen molar-refractivity contribution in [3.63, 3.8) is 0 Å². The van der Waals surface area contributed by atoms with E-state index < -0.39 is 0 Å². The van der Waals surface area contributed by atoms with Crippen LogP contribution in [0.15, 0.2) is 18.2 Å². The number of aromatic amines is 1. The summed E-state index contributed by atoms with van der Waals surface area (Å²) in [6, 6.07) is 7.81. The number of hydrogen-bond donors (Lipinski definition) is 2. The van der Waals surface area contributed by atoms with E-state index in [9.17, 15) is 4.79 Å². The van der Waals surface area contributed by atoms with Crippen LogP contribution < -0.4 is 10.2 Å². The van der Waals surface area contributed by atoms with Crippen LogP contribution in [-0.4, -0.2) is 59.3 Å². The van der Waals surface area contributed by atoms with Crippen LogP contribution in [0.1, 0.15) is 49.0 Å². The van der Waals surface area contributed by atoms with Crippen LogP contribution in [0.25, 0.3) is 10.9 Å². The molecular weight excluding hydrogens is 326 g/mol. The molecule has 2 bridgehead atoms. The summed E-state index contributed by atoms with van der Waals surface area (Å²) in [7, 11) is 2.22. The van der Waals surface area contributed by atoms with E-state index in [0.717, 1.165) is 36.8 Å². The Morgan fingerprint density at radius 3 is 2.65 bits per heavy atom. The lowest BCUT2D eigenvalue weighted by Gasteiger charge is -2.36. The summed E-state index contributed by atoms with van der Waals surface area (Å²) in [5.41, 5.74) is 2.66. The van der Waals surface area contributed by atoms with Crippen molar-refractivity contribution in [3.05, 3.63) is 23.9 Å². The number of hydrogen-bond acceptors (Lipinski definition) is 4. The highest BCUT2D eigenvalue weighted by Gasteiger charge is 2.39. The molecule has 0 saturated carbocycles. The smallest absolute Gasteiger partial charge is 0.272 e. The van der Waals surface area contributed by atoms with Gasteiger partial charge in [0.05, 0.1) is 5.52 Å². The van der Waals surface area contributed by atoms with Gasteiger partial charge < -0.3 is 15.1 Å². The summed E-state index contributed by atoms with van der Waals surface area (Å²) in [5, 5.41) is 11.5. The fourth-order valence-corrected chi connectivity index (χ4v) is 5.13. The van der Waals surface area contributed by atoms with Crippen LogP contribution >= 0.6 is 0 Å². The normalized spacial score (nSPS) is 28.8. The molecule has 26 heavy (non-hydrogen) atoms. The summed E-state index contributed by atoms with van der Waals surface area (Å²) in [6.45, 7) is 2.20. The molecule has 1 amide bonds. The molecule has 0 aliphatic carbocycles. The third kappa shape index (κ3) is 2.67. The van der Waals surface area contributed by atoms with E-state index in [-0.39, 0.29) is 11.9 Å². The molecule has 4 heterocycles. The van der Waals surface area contributed by atoms with Gasteiger partial charge in [-0.15, -0.1) is 0 Å². The molecule has 3 fully saturated rings. The SMILES string of the molecule is CN1C2CCC1CC(NC(=O)c1n[nH]c3ccc(N4CCCC4)cc13)C2. The van der Waals surface area contributed by atoms with E-state index >= 15 is 0 Å². The third-order valence-corrected chi connectivity index (χ3v) is 6.67. The Labute approximate surface area is 153 Å². The molecule has 3 aliphatic rings. The zero-order valence-corrected chi connectivity index (χ0v) is 15.4. The van der Waals surface area contributed by atoms with Crippen molar-refractivity contribution in [3.8, 4) is 0 Å². The quantitative estimate of drug-likeness (QED) is 0.890. The molecule has 2 N–H and O–H groups in total. The molecule has 2 atom stereocenters. The van der Waals surface area contributed by atoms with Crippen LogP contribution in [-0.2, 0) is 0 Å². The number of fused-ring (bicyclic) bond motifs is 3. The number of rotatable bonds is 3. The van der Waals surface area contributed by atoms with Crippen LogP contribution in [0, 0.1) is 0 Å². The number of carbonyl (C=O) groups is 1. The molecule has 2 unspecified atom stereocenters. The molecule has 3 saturated heterocycles. The minimum absolute atomic E-state index is 0.0382. The monoisotopic (exact) mass is 353 g/mol. The Hall–Kier alpha value is -2.08. The Bertz CT molecular complexity index is 811. The minimum atomic E-state index is -0.0382. The molecule has 3 aliphatic heterocycles. The van der Waals surface area contributed by atoms with Crippen molar-refractivity contribution in [2.24, 2.45) is 0 Å².